The number of hydrogen-bond donors (Lipinski definition) is 2. The van der Waals surface area contributed by atoms with E-state index >= 15 is 0 Å². The molecule has 13 heavy (non-hydrogen) atoms. The number of carbonyl (C=O) groups excluding carboxylic acids is 1. The lowest BCUT2D eigenvalue weighted by molar-refractivity contribution is -0.136. The van der Waals surface area contributed by atoms with Gasteiger partial charge in [0.05, 0.1) is 0 Å². The molecule has 0 aliphatic rings. The number of alkyl carbamates (subject to hydrolysis) is 1. The molecule has 0 aliphatic heterocycles. The summed E-state index contributed by atoms with van der Waals surface area (Å²) in [6.07, 6.45) is -0.767. The van der Waals surface area contributed by atoms with E-state index in [9.17, 15) is 9.59 Å². The summed E-state index contributed by atoms with van der Waals surface area (Å²) in [4.78, 5) is 20.1. The van der Waals surface area contributed by atoms with Crippen LogP contribution in [0.1, 0.15) is 20.8 Å². The zero-order valence-electron chi connectivity index (χ0n) is 7.63. The van der Waals surface area contributed by atoms with Gasteiger partial charge in [-0.3, -0.25) is 5.32 Å². The number of amides is 1. The number of carbonyl (C=O) groups is 2. The van der Waals surface area contributed by atoms with Gasteiger partial charge in [-0.15, -0.1) is 0 Å². The quantitative estimate of drug-likeness (QED) is 0.575. The highest BCUT2D eigenvalue weighted by Crippen LogP contribution is 2.07. The molecule has 76 valence electrons. The molecule has 0 aromatic heterocycles. The lowest BCUT2D eigenvalue weighted by Gasteiger charge is -2.20. The van der Waals surface area contributed by atoms with Crippen LogP contribution in [0.15, 0.2) is 0 Å². The van der Waals surface area contributed by atoms with E-state index in [-0.39, 0.29) is 0 Å². The van der Waals surface area contributed by atoms with Crippen LogP contribution in [0.3, 0.4) is 0 Å². The monoisotopic (exact) mass is 253 g/mol. The molecule has 0 aromatic carbocycles. The summed E-state index contributed by atoms with van der Waals surface area (Å²) < 4.78 is 4.82. The van der Waals surface area contributed by atoms with Crippen molar-refractivity contribution < 1.29 is 19.4 Å². The van der Waals surface area contributed by atoms with Gasteiger partial charge in [0.1, 0.15) is 5.60 Å². The number of alkyl halides is 1. The van der Waals surface area contributed by atoms with E-state index < -0.39 is 22.6 Å². The van der Waals surface area contributed by atoms with Crippen LogP contribution < -0.4 is 5.32 Å². The third-order valence-corrected chi connectivity index (χ3v) is 1.48. The number of carboxylic acid groups (broad SMARTS) is 1. The first-order valence-electron chi connectivity index (χ1n) is 3.59. The van der Waals surface area contributed by atoms with Crippen molar-refractivity contribution in [3.8, 4) is 0 Å². The van der Waals surface area contributed by atoms with E-state index in [2.05, 4.69) is 21.2 Å². The SMILES string of the molecule is CC(C)(C)OC(=O)NC(Br)C(=O)O. The largest absolute Gasteiger partial charge is 0.479 e. The van der Waals surface area contributed by atoms with Gasteiger partial charge in [0.15, 0.2) is 4.95 Å². The highest BCUT2D eigenvalue weighted by Gasteiger charge is 2.21. The first-order chi connectivity index (χ1) is 5.72. The molecule has 1 unspecified atom stereocenters. The van der Waals surface area contributed by atoms with E-state index in [1.807, 2.05) is 0 Å². The van der Waals surface area contributed by atoms with Crippen molar-refractivity contribution >= 4 is 28.0 Å². The summed E-state index contributed by atoms with van der Waals surface area (Å²) in [7, 11) is 0. The van der Waals surface area contributed by atoms with E-state index in [4.69, 9.17) is 9.84 Å². The Morgan fingerprint density at radius 3 is 2.23 bits per heavy atom. The van der Waals surface area contributed by atoms with Crippen molar-refractivity contribution in [1.82, 2.24) is 5.32 Å². The summed E-state index contributed by atoms with van der Waals surface area (Å²) in [6, 6.07) is 0. The van der Waals surface area contributed by atoms with Crippen molar-refractivity contribution in [3.63, 3.8) is 0 Å². The lowest BCUT2D eigenvalue weighted by atomic mass is 10.2. The fraction of sp³-hybridized carbons (Fsp3) is 0.714. The zero-order chi connectivity index (χ0) is 10.6. The number of rotatable bonds is 2. The molecule has 1 atom stereocenters. The molecule has 0 saturated heterocycles. The molecule has 2 N–H and O–H groups in total. The fourth-order valence-corrected chi connectivity index (χ4v) is 0.660. The van der Waals surface area contributed by atoms with E-state index in [0.717, 1.165) is 0 Å². The third kappa shape index (κ3) is 6.39. The summed E-state index contributed by atoms with van der Waals surface area (Å²) >= 11 is 2.74. The second-order valence-corrected chi connectivity index (χ2v) is 4.26. The van der Waals surface area contributed by atoms with Crippen LogP contribution in [0.2, 0.25) is 0 Å². The Hall–Kier alpha value is -0.780. The summed E-state index contributed by atoms with van der Waals surface area (Å²) in [6.45, 7) is 5.07. The fourth-order valence-electron chi connectivity index (χ4n) is 0.473. The standard InChI is InChI=1S/C7H12BrNO4/c1-7(2,3)13-6(12)9-4(8)5(10)11/h4H,1-3H3,(H,9,12)(H,10,11). The number of ether oxygens (including phenoxy) is 1. The predicted octanol–water partition coefficient (Wildman–Crippen LogP) is 1.32. The molecule has 1 amide bonds. The first kappa shape index (κ1) is 12.2. The van der Waals surface area contributed by atoms with E-state index in [0.29, 0.717) is 0 Å². The number of carboxylic acids is 1. The van der Waals surface area contributed by atoms with Crippen molar-refractivity contribution in [1.29, 1.82) is 0 Å². The minimum Gasteiger partial charge on any atom is -0.479 e. The second-order valence-electron chi connectivity index (χ2n) is 3.35. The number of aliphatic carboxylic acids is 1. The van der Waals surface area contributed by atoms with E-state index in [1.165, 1.54) is 0 Å². The molecule has 0 saturated carbocycles. The maximum atomic E-state index is 10.9. The number of halogens is 1. The third-order valence-electron chi connectivity index (χ3n) is 0.860. The van der Waals surface area contributed by atoms with Gasteiger partial charge in [-0.25, -0.2) is 9.59 Å². The molecule has 0 aliphatic carbocycles. The van der Waals surface area contributed by atoms with Gasteiger partial charge in [-0.1, -0.05) is 15.9 Å². The average Bonchev–Trinajstić information content (AvgIpc) is 1.81. The number of nitrogens with one attached hydrogen (secondary N) is 1. The minimum atomic E-state index is -1.18. The van der Waals surface area contributed by atoms with Gasteiger partial charge in [-0.2, -0.15) is 0 Å². The topological polar surface area (TPSA) is 75.6 Å². The maximum Gasteiger partial charge on any atom is 0.409 e. The van der Waals surface area contributed by atoms with Crippen LogP contribution in [0, 0.1) is 0 Å². The molecule has 0 aromatic rings. The van der Waals surface area contributed by atoms with Crippen LogP contribution in [0.4, 0.5) is 4.79 Å². The van der Waals surface area contributed by atoms with Crippen molar-refractivity contribution in [2.75, 3.05) is 0 Å². The summed E-state index contributed by atoms with van der Waals surface area (Å²) in [5.41, 5.74) is -0.630. The van der Waals surface area contributed by atoms with Crippen molar-refractivity contribution in [2.45, 2.75) is 31.3 Å². The molecule has 5 nitrogen and oxygen atoms in total. The molecule has 6 heteroatoms. The summed E-state index contributed by atoms with van der Waals surface area (Å²) in [5.74, 6) is -1.18. The van der Waals surface area contributed by atoms with Crippen LogP contribution in [-0.2, 0) is 9.53 Å². The van der Waals surface area contributed by atoms with Gasteiger partial charge >= 0.3 is 12.1 Å². The number of hydrogen-bond acceptors (Lipinski definition) is 3. The molecule has 0 heterocycles. The van der Waals surface area contributed by atoms with Crippen molar-refractivity contribution in [2.24, 2.45) is 0 Å². The molecular weight excluding hydrogens is 242 g/mol. The molecule has 0 fully saturated rings. The Balaban J connectivity index is 3.96. The molecule has 0 spiro atoms. The van der Waals surface area contributed by atoms with Crippen LogP contribution in [0.5, 0.6) is 0 Å². The maximum absolute atomic E-state index is 10.9. The van der Waals surface area contributed by atoms with Gasteiger partial charge in [0.2, 0.25) is 0 Å². The molecule has 0 radical (unpaired) electrons. The lowest BCUT2D eigenvalue weighted by Crippen LogP contribution is -2.39. The van der Waals surface area contributed by atoms with Crippen LogP contribution in [-0.4, -0.2) is 27.7 Å². The Morgan fingerprint density at radius 2 is 1.92 bits per heavy atom. The second kappa shape index (κ2) is 4.45. The Bertz CT molecular complexity index is 211. The first-order valence-corrected chi connectivity index (χ1v) is 4.50. The smallest absolute Gasteiger partial charge is 0.409 e. The molecule has 0 rings (SSSR count). The van der Waals surface area contributed by atoms with Gasteiger partial charge in [0, 0.05) is 0 Å². The van der Waals surface area contributed by atoms with Gasteiger partial charge in [0.25, 0.3) is 0 Å². The van der Waals surface area contributed by atoms with E-state index in [1.54, 1.807) is 20.8 Å². The summed E-state index contributed by atoms with van der Waals surface area (Å²) in [5, 5.41) is 10.5. The Kier molecular flexibility index (Phi) is 4.19. The van der Waals surface area contributed by atoms with Crippen molar-refractivity contribution in [3.05, 3.63) is 0 Å². The highest BCUT2D eigenvalue weighted by atomic mass is 79.9. The predicted molar refractivity (Wildman–Crippen MR) is 49.7 cm³/mol. The van der Waals surface area contributed by atoms with Crippen LogP contribution >= 0.6 is 15.9 Å². The van der Waals surface area contributed by atoms with Gasteiger partial charge < -0.3 is 9.84 Å². The zero-order valence-corrected chi connectivity index (χ0v) is 9.21. The normalized spacial score (nSPS) is 13.2. The highest BCUT2D eigenvalue weighted by molar-refractivity contribution is 9.10. The average molecular weight is 254 g/mol. The Labute approximate surface area is 84.6 Å². The van der Waals surface area contributed by atoms with Crippen LogP contribution in [0.25, 0.3) is 0 Å². The Morgan fingerprint density at radius 1 is 1.46 bits per heavy atom. The minimum absolute atomic E-state index is 0.630. The molecular formula is C7H12BrNO4. The molecule has 0 bridgehead atoms. The van der Waals surface area contributed by atoms with Gasteiger partial charge in [-0.05, 0) is 20.8 Å².